The fraction of sp³-hybridized carbons (Fsp3) is 0.286. The Balaban J connectivity index is 1.91. The third-order valence-electron chi connectivity index (χ3n) is 2.89. The normalized spacial score (nSPS) is 12.0. The van der Waals surface area contributed by atoms with E-state index in [2.05, 4.69) is 10.4 Å². The van der Waals surface area contributed by atoms with Crippen molar-refractivity contribution < 1.29 is 18.0 Å². The van der Waals surface area contributed by atoms with Gasteiger partial charge in [-0.15, -0.1) is 11.3 Å². The molecule has 8 heteroatoms. The van der Waals surface area contributed by atoms with Gasteiger partial charge in [0.1, 0.15) is 4.88 Å². The molecule has 0 aliphatic heterocycles. The van der Waals surface area contributed by atoms with E-state index in [0.29, 0.717) is 23.4 Å². The van der Waals surface area contributed by atoms with Crippen LogP contribution in [0, 0.1) is 6.92 Å². The number of thiophene rings is 1. The molecule has 0 saturated heterocycles. The molecule has 0 aromatic carbocycles. The van der Waals surface area contributed by atoms with Crippen molar-refractivity contribution in [3.8, 4) is 0 Å². The Hall–Kier alpha value is -2.09. The third kappa shape index (κ3) is 4.20. The number of carbonyl (C=O) groups is 1. The van der Waals surface area contributed by atoms with E-state index in [9.17, 15) is 18.0 Å². The number of halogens is 3. The summed E-state index contributed by atoms with van der Waals surface area (Å²) < 4.78 is 39.0. The van der Waals surface area contributed by atoms with Crippen molar-refractivity contribution in [3.63, 3.8) is 0 Å². The van der Waals surface area contributed by atoms with Gasteiger partial charge in [0.25, 0.3) is 0 Å². The lowest BCUT2D eigenvalue weighted by Gasteiger charge is -2.00. The monoisotopic (exact) mass is 329 g/mol. The van der Waals surface area contributed by atoms with E-state index in [0.717, 1.165) is 17.3 Å². The van der Waals surface area contributed by atoms with E-state index < -0.39 is 11.1 Å². The molecule has 2 aromatic rings. The minimum Gasteiger partial charge on any atom is -0.348 e. The average molecular weight is 329 g/mol. The fourth-order valence-electron chi connectivity index (χ4n) is 1.82. The first kappa shape index (κ1) is 16.3. The molecule has 0 aliphatic carbocycles. The molecular weight excluding hydrogens is 315 g/mol. The molecule has 0 saturated carbocycles. The largest absolute Gasteiger partial charge is 0.425 e. The van der Waals surface area contributed by atoms with Crippen LogP contribution in [0.5, 0.6) is 0 Å². The van der Waals surface area contributed by atoms with Crippen LogP contribution in [0.15, 0.2) is 23.7 Å². The van der Waals surface area contributed by atoms with E-state index in [-0.39, 0.29) is 5.91 Å². The number of rotatable bonds is 4. The summed E-state index contributed by atoms with van der Waals surface area (Å²) in [5.41, 5.74) is 2.06. The Kier molecular flexibility index (Phi) is 4.70. The van der Waals surface area contributed by atoms with Crippen LogP contribution in [-0.4, -0.2) is 15.7 Å². The van der Waals surface area contributed by atoms with Gasteiger partial charge in [-0.1, -0.05) is 0 Å². The number of hydrogen-bond donors (Lipinski definition) is 1. The van der Waals surface area contributed by atoms with Crippen molar-refractivity contribution in [3.05, 3.63) is 45.4 Å². The maximum atomic E-state index is 12.4. The van der Waals surface area contributed by atoms with E-state index in [4.69, 9.17) is 0 Å². The van der Waals surface area contributed by atoms with Crippen LogP contribution in [0.2, 0.25) is 0 Å². The summed E-state index contributed by atoms with van der Waals surface area (Å²) >= 11 is 0.604. The Morgan fingerprint density at radius 3 is 2.77 bits per heavy atom. The maximum absolute atomic E-state index is 12.4. The molecule has 0 aliphatic rings. The highest BCUT2D eigenvalue weighted by Gasteiger charge is 2.32. The van der Waals surface area contributed by atoms with Crippen molar-refractivity contribution in [1.29, 1.82) is 0 Å². The van der Waals surface area contributed by atoms with E-state index >= 15 is 0 Å². The van der Waals surface area contributed by atoms with Crippen molar-refractivity contribution in [2.75, 3.05) is 0 Å². The predicted octanol–water partition coefficient (Wildman–Crippen LogP) is 3.14. The summed E-state index contributed by atoms with van der Waals surface area (Å²) in [6.45, 7) is 2.15. The second-order valence-electron chi connectivity index (χ2n) is 4.71. The number of nitrogens with zero attached hydrogens (tertiary/aromatic N) is 2. The average Bonchev–Trinajstić information content (AvgIpc) is 3.00. The van der Waals surface area contributed by atoms with Gasteiger partial charge >= 0.3 is 6.18 Å². The Morgan fingerprint density at radius 2 is 2.23 bits per heavy atom. The van der Waals surface area contributed by atoms with E-state index in [1.165, 1.54) is 17.5 Å². The molecule has 2 rings (SSSR count). The van der Waals surface area contributed by atoms with Crippen molar-refractivity contribution >= 4 is 23.3 Å². The molecule has 0 spiro atoms. The molecule has 0 unspecified atom stereocenters. The van der Waals surface area contributed by atoms with Gasteiger partial charge in [-0.05, 0) is 30.0 Å². The minimum absolute atomic E-state index is 0.320. The maximum Gasteiger partial charge on any atom is 0.425 e. The Morgan fingerprint density at radius 1 is 1.50 bits per heavy atom. The van der Waals surface area contributed by atoms with Crippen LogP contribution in [0.25, 0.3) is 6.08 Å². The SMILES string of the molecule is Cc1nn(C)cc1CNC(=O)C=Cc1csc(C(F)(F)F)c1. The van der Waals surface area contributed by atoms with Crippen molar-refractivity contribution in [2.45, 2.75) is 19.6 Å². The molecule has 2 aromatic heterocycles. The van der Waals surface area contributed by atoms with Gasteiger partial charge in [0.15, 0.2) is 0 Å². The molecule has 4 nitrogen and oxygen atoms in total. The highest BCUT2D eigenvalue weighted by atomic mass is 32.1. The van der Waals surface area contributed by atoms with Gasteiger partial charge in [-0.2, -0.15) is 18.3 Å². The van der Waals surface area contributed by atoms with Crippen LogP contribution >= 0.6 is 11.3 Å². The van der Waals surface area contributed by atoms with Crippen molar-refractivity contribution in [2.24, 2.45) is 7.05 Å². The zero-order valence-electron chi connectivity index (χ0n) is 11.9. The lowest BCUT2D eigenvalue weighted by atomic mass is 10.2. The summed E-state index contributed by atoms with van der Waals surface area (Å²) in [5, 5.41) is 8.17. The van der Waals surface area contributed by atoms with Crippen LogP contribution in [0.3, 0.4) is 0 Å². The number of amides is 1. The molecule has 22 heavy (non-hydrogen) atoms. The van der Waals surface area contributed by atoms with Gasteiger partial charge in [-0.25, -0.2) is 0 Å². The molecule has 1 amide bonds. The molecule has 0 fully saturated rings. The summed E-state index contributed by atoms with van der Waals surface area (Å²) in [6, 6.07) is 1.01. The first-order chi connectivity index (χ1) is 10.3. The van der Waals surface area contributed by atoms with E-state index in [1.54, 1.807) is 17.9 Å². The fourth-order valence-corrected chi connectivity index (χ4v) is 2.57. The van der Waals surface area contributed by atoms with Gasteiger partial charge < -0.3 is 5.32 Å². The minimum atomic E-state index is -4.35. The quantitative estimate of drug-likeness (QED) is 0.876. The first-order valence-corrected chi connectivity index (χ1v) is 7.24. The molecule has 0 atom stereocenters. The van der Waals surface area contributed by atoms with Crippen LogP contribution in [0.1, 0.15) is 21.7 Å². The zero-order valence-corrected chi connectivity index (χ0v) is 12.8. The number of hydrogen-bond acceptors (Lipinski definition) is 3. The number of aromatic nitrogens is 2. The van der Waals surface area contributed by atoms with Crippen molar-refractivity contribution in [1.82, 2.24) is 15.1 Å². The summed E-state index contributed by atoms with van der Waals surface area (Å²) in [7, 11) is 1.78. The highest BCUT2D eigenvalue weighted by molar-refractivity contribution is 7.10. The van der Waals surface area contributed by atoms with Gasteiger partial charge in [0.05, 0.1) is 5.69 Å². The number of aryl methyl sites for hydroxylation is 2. The topological polar surface area (TPSA) is 46.9 Å². The summed E-state index contributed by atoms with van der Waals surface area (Å²) in [5.74, 6) is -0.372. The Bertz CT molecular complexity index is 700. The standard InChI is InChI=1S/C14H14F3N3OS/c1-9-11(7-20(2)19-9)6-18-13(21)4-3-10-5-12(22-8-10)14(15,16)17/h3-5,7-8H,6H2,1-2H3,(H,18,21). The molecule has 118 valence electrons. The van der Waals surface area contributed by atoms with Crippen LogP contribution in [0.4, 0.5) is 13.2 Å². The third-order valence-corrected chi connectivity index (χ3v) is 3.89. The smallest absolute Gasteiger partial charge is 0.348 e. The molecule has 0 radical (unpaired) electrons. The second-order valence-corrected chi connectivity index (χ2v) is 5.62. The van der Waals surface area contributed by atoms with Gasteiger partial charge in [0, 0.05) is 31.4 Å². The Labute approximate surface area is 129 Å². The lowest BCUT2D eigenvalue weighted by molar-refractivity contribution is -0.134. The zero-order chi connectivity index (χ0) is 16.3. The summed E-state index contributed by atoms with van der Waals surface area (Å²) in [4.78, 5) is 11.0. The number of alkyl halides is 3. The van der Waals surface area contributed by atoms with Crippen LogP contribution in [-0.2, 0) is 24.6 Å². The first-order valence-electron chi connectivity index (χ1n) is 6.36. The molecule has 0 bridgehead atoms. The molecule has 2 heterocycles. The van der Waals surface area contributed by atoms with Gasteiger partial charge in [0.2, 0.25) is 5.91 Å². The predicted molar refractivity (Wildman–Crippen MR) is 78.1 cm³/mol. The van der Waals surface area contributed by atoms with E-state index in [1.807, 2.05) is 6.92 Å². The molecular formula is C14H14F3N3OS. The second kappa shape index (κ2) is 6.35. The number of nitrogens with one attached hydrogen (secondary N) is 1. The molecule has 1 N–H and O–H groups in total. The summed E-state index contributed by atoms with van der Waals surface area (Å²) in [6.07, 6.45) is 0.0236. The van der Waals surface area contributed by atoms with Crippen LogP contribution < -0.4 is 5.32 Å². The van der Waals surface area contributed by atoms with Gasteiger partial charge in [-0.3, -0.25) is 9.48 Å². The number of carbonyl (C=O) groups excluding carboxylic acids is 1. The lowest BCUT2D eigenvalue weighted by Crippen LogP contribution is -2.20. The highest BCUT2D eigenvalue weighted by Crippen LogP contribution is 2.34.